The van der Waals surface area contributed by atoms with E-state index in [0.29, 0.717) is 31.3 Å². The molecule has 0 bridgehead atoms. The highest BCUT2D eigenvalue weighted by Gasteiger charge is 2.17. The molecule has 0 aliphatic rings. The van der Waals surface area contributed by atoms with E-state index in [1.54, 1.807) is 6.08 Å². The predicted octanol–water partition coefficient (Wildman–Crippen LogP) is 9.31. The molecule has 0 spiro atoms. The van der Waals surface area contributed by atoms with Crippen molar-refractivity contribution in [1.29, 1.82) is 0 Å². The van der Waals surface area contributed by atoms with Gasteiger partial charge in [-0.05, 0) is 37.5 Å². The smallest absolute Gasteiger partial charge is 0.330 e. The van der Waals surface area contributed by atoms with E-state index in [1.165, 1.54) is 77.4 Å². The standard InChI is InChI=1S/C32H54O5/c1-5-8-11-14-16-19-26-36-31-28(22-24-30(33)34-4)21-23-29(35-25-18-13-10-7-3)32(31)37-27-20-17-15-12-9-6-2/h21-24H,5-20,25-27H2,1-4H3/b24-22+. The van der Waals surface area contributed by atoms with Crippen LogP contribution in [0.2, 0.25) is 0 Å². The topological polar surface area (TPSA) is 54.0 Å². The van der Waals surface area contributed by atoms with Gasteiger partial charge in [0.25, 0.3) is 0 Å². The van der Waals surface area contributed by atoms with E-state index in [9.17, 15) is 4.79 Å². The number of carbonyl (C=O) groups is 1. The Bertz CT molecular complexity index is 728. The van der Waals surface area contributed by atoms with E-state index in [4.69, 9.17) is 18.9 Å². The third-order valence-corrected chi connectivity index (χ3v) is 6.45. The van der Waals surface area contributed by atoms with E-state index in [1.807, 2.05) is 12.1 Å². The van der Waals surface area contributed by atoms with Crippen LogP contribution >= 0.6 is 0 Å². The van der Waals surface area contributed by atoms with Crippen LogP contribution in [0, 0.1) is 0 Å². The maximum Gasteiger partial charge on any atom is 0.330 e. The molecule has 1 rings (SSSR count). The summed E-state index contributed by atoms with van der Waals surface area (Å²) in [6, 6.07) is 3.87. The minimum atomic E-state index is -0.396. The molecule has 1 aromatic rings. The van der Waals surface area contributed by atoms with Crippen molar-refractivity contribution in [2.45, 2.75) is 124 Å². The van der Waals surface area contributed by atoms with Gasteiger partial charge in [-0.2, -0.15) is 0 Å². The van der Waals surface area contributed by atoms with Crippen LogP contribution in [-0.2, 0) is 9.53 Å². The van der Waals surface area contributed by atoms with E-state index in [2.05, 4.69) is 20.8 Å². The number of methoxy groups -OCH3 is 1. The Morgan fingerprint density at radius 2 is 1.08 bits per heavy atom. The predicted molar refractivity (Wildman–Crippen MR) is 155 cm³/mol. The number of unbranched alkanes of at least 4 members (excludes halogenated alkanes) is 13. The molecule has 0 aliphatic heterocycles. The van der Waals surface area contributed by atoms with Crippen molar-refractivity contribution in [2.24, 2.45) is 0 Å². The molecule has 0 aromatic heterocycles. The molecule has 0 saturated carbocycles. The summed E-state index contributed by atoms with van der Waals surface area (Å²) in [6.45, 7) is 8.57. The van der Waals surface area contributed by atoms with Gasteiger partial charge in [0.05, 0.1) is 26.9 Å². The number of ether oxygens (including phenoxy) is 4. The Kier molecular flexibility index (Phi) is 20.4. The number of rotatable bonds is 24. The second-order valence-electron chi connectivity index (χ2n) is 9.81. The van der Waals surface area contributed by atoms with Gasteiger partial charge in [0, 0.05) is 11.6 Å². The average molecular weight is 519 g/mol. The molecule has 1 aromatic carbocycles. The van der Waals surface area contributed by atoms with Gasteiger partial charge in [0.15, 0.2) is 11.5 Å². The number of esters is 1. The fourth-order valence-electron chi connectivity index (χ4n) is 4.14. The van der Waals surface area contributed by atoms with Crippen LogP contribution in [-0.4, -0.2) is 32.9 Å². The van der Waals surface area contributed by atoms with Gasteiger partial charge in [-0.15, -0.1) is 0 Å². The molecular weight excluding hydrogens is 464 g/mol. The van der Waals surface area contributed by atoms with Crippen molar-refractivity contribution in [3.8, 4) is 17.2 Å². The fraction of sp³-hybridized carbons (Fsp3) is 0.719. The number of benzene rings is 1. The zero-order chi connectivity index (χ0) is 27.0. The first kappa shape index (κ1) is 32.9. The zero-order valence-corrected chi connectivity index (χ0v) is 24.3. The van der Waals surface area contributed by atoms with Crippen molar-refractivity contribution in [3.05, 3.63) is 23.8 Å². The lowest BCUT2D eigenvalue weighted by atomic mass is 10.1. The van der Waals surface area contributed by atoms with Crippen LogP contribution in [0.15, 0.2) is 18.2 Å². The van der Waals surface area contributed by atoms with Crippen LogP contribution < -0.4 is 14.2 Å². The van der Waals surface area contributed by atoms with E-state index >= 15 is 0 Å². The molecule has 212 valence electrons. The summed E-state index contributed by atoms with van der Waals surface area (Å²) in [5.41, 5.74) is 0.799. The minimum Gasteiger partial charge on any atom is -0.490 e. The van der Waals surface area contributed by atoms with Crippen LogP contribution in [0.25, 0.3) is 6.08 Å². The second kappa shape index (κ2) is 23.0. The van der Waals surface area contributed by atoms with Crippen molar-refractivity contribution in [2.75, 3.05) is 26.9 Å². The summed E-state index contributed by atoms with van der Waals surface area (Å²) in [5, 5.41) is 0. The largest absolute Gasteiger partial charge is 0.490 e. The zero-order valence-electron chi connectivity index (χ0n) is 24.3. The summed E-state index contributed by atoms with van der Waals surface area (Å²) < 4.78 is 23.6. The quantitative estimate of drug-likeness (QED) is 0.0775. The molecule has 0 radical (unpaired) electrons. The molecule has 37 heavy (non-hydrogen) atoms. The fourth-order valence-corrected chi connectivity index (χ4v) is 4.14. The molecule has 0 N–H and O–H groups in total. The van der Waals surface area contributed by atoms with Crippen molar-refractivity contribution < 1.29 is 23.7 Å². The van der Waals surface area contributed by atoms with Gasteiger partial charge in [-0.25, -0.2) is 4.79 Å². The van der Waals surface area contributed by atoms with Crippen LogP contribution in [0.5, 0.6) is 17.2 Å². The first-order chi connectivity index (χ1) is 18.2. The molecule has 0 aliphatic carbocycles. The summed E-state index contributed by atoms with van der Waals surface area (Å²) in [7, 11) is 1.38. The normalized spacial score (nSPS) is 11.1. The number of hydrogen-bond donors (Lipinski definition) is 0. The molecule has 5 heteroatoms. The Balaban J connectivity index is 2.99. The van der Waals surface area contributed by atoms with Crippen molar-refractivity contribution in [3.63, 3.8) is 0 Å². The second-order valence-corrected chi connectivity index (χ2v) is 9.81. The highest BCUT2D eigenvalue weighted by Crippen LogP contribution is 2.41. The molecular formula is C32H54O5. The number of carbonyl (C=O) groups excluding carboxylic acids is 1. The van der Waals surface area contributed by atoms with Crippen LogP contribution in [0.4, 0.5) is 0 Å². The van der Waals surface area contributed by atoms with Gasteiger partial charge in [-0.3, -0.25) is 0 Å². The third kappa shape index (κ3) is 15.6. The van der Waals surface area contributed by atoms with Gasteiger partial charge < -0.3 is 18.9 Å². The molecule has 0 saturated heterocycles. The SMILES string of the molecule is CCCCCCCCOc1c(/C=C/C(=O)OC)ccc(OCCCCCC)c1OCCCCCCCC. The summed E-state index contributed by atoms with van der Waals surface area (Å²) in [4.78, 5) is 11.8. The van der Waals surface area contributed by atoms with E-state index in [-0.39, 0.29) is 0 Å². The van der Waals surface area contributed by atoms with Crippen LogP contribution in [0.3, 0.4) is 0 Å². The maximum absolute atomic E-state index is 11.8. The van der Waals surface area contributed by atoms with E-state index in [0.717, 1.165) is 49.8 Å². The maximum atomic E-state index is 11.8. The highest BCUT2D eigenvalue weighted by atomic mass is 16.5. The summed E-state index contributed by atoms with van der Waals surface area (Å²) in [6.07, 6.45) is 22.2. The van der Waals surface area contributed by atoms with E-state index < -0.39 is 5.97 Å². The molecule has 0 amide bonds. The minimum absolute atomic E-state index is 0.396. The Hall–Kier alpha value is -2.17. The summed E-state index contributed by atoms with van der Waals surface area (Å²) in [5.74, 6) is 1.64. The first-order valence-corrected chi connectivity index (χ1v) is 15.0. The molecule has 5 nitrogen and oxygen atoms in total. The molecule has 0 heterocycles. The van der Waals surface area contributed by atoms with Gasteiger partial charge in [0.1, 0.15) is 0 Å². The highest BCUT2D eigenvalue weighted by molar-refractivity contribution is 5.88. The number of hydrogen-bond acceptors (Lipinski definition) is 5. The monoisotopic (exact) mass is 518 g/mol. The first-order valence-electron chi connectivity index (χ1n) is 15.0. The summed E-state index contributed by atoms with van der Waals surface area (Å²) >= 11 is 0. The van der Waals surface area contributed by atoms with Gasteiger partial charge in [0.2, 0.25) is 5.75 Å². The Morgan fingerprint density at radius 1 is 0.622 bits per heavy atom. The average Bonchev–Trinajstić information content (AvgIpc) is 2.91. The molecule has 0 fully saturated rings. The Morgan fingerprint density at radius 3 is 1.62 bits per heavy atom. The lowest BCUT2D eigenvalue weighted by Crippen LogP contribution is -2.07. The Labute approximate surface area is 227 Å². The van der Waals surface area contributed by atoms with Gasteiger partial charge in [-0.1, -0.05) is 104 Å². The molecule has 0 atom stereocenters. The third-order valence-electron chi connectivity index (χ3n) is 6.45. The van der Waals surface area contributed by atoms with Gasteiger partial charge >= 0.3 is 5.97 Å². The lowest BCUT2D eigenvalue weighted by Gasteiger charge is -2.19. The molecule has 0 unspecified atom stereocenters. The van der Waals surface area contributed by atoms with Crippen molar-refractivity contribution >= 4 is 12.0 Å². The van der Waals surface area contributed by atoms with Crippen molar-refractivity contribution in [1.82, 2.24) is 0 Å². The van der Waals surface area contributed by atoms with Crippen LogP contribution in [0.1, 0.15) is 129 Å². The lowest BCUT2D eigenvalue weighted by molar-refractivity contribution is -0.134.